The van der Waals surface area contributed by atoms with Crippen LogP contribution in [0.1, 0.15) is 26.2 Å². The van der Waals surface area contributed by atoms with E-state index in [1.807, 2.05) is 0 Å². The molecule has 1 aromatic rings. The highest BCUT2D eigenvalue weighted by atomic mass is 32.2. The Balaban J connectivity index is 2.55. The highest BCUT2D eigenvalue weighted by molar-refractivity contribution is 7.93. The van der Waals surface area contributed by atoms with Crippen molar-refractivity contribution in [1.29, 1.82) is 0 Å². The molecule has 8 heteroatoms. The first-order chi connectivity index (χ1) is 9.78. The molecule has 0 spiro atoms. The summed E-state index contributed by atoms with van der Waals surface area (Å²) >= 11 is 0. The van der Waals surface area contributed by atoms with E-state index in [0.717, 1.165) is 26.2 Å². The van der Waals surface area contributed by atoms with Gasteiger partial charge in [-0.05, 0) is 31.9 Å². The third kappa shape index (κ3) is 3.13. The maximum atomic E-state index is 12.7. The summed E-state index contributed by atoms with van der Waals surface area (Å²) in [5.41, 5.74) is -1.66. The van der Waals surface area contributed by atoms with Crippen molar-refractivity contribution in [1.82, 2.24) is 4.31 Å². The number of sulfone groups is 1. The molecular formula is C13H19NO5S2. The normalized spacial score (nSPS) is 19.3. The van der Waals surface area contributed by atoms with Gasteiger partial charge in [0.1, 0.15) is 4.90 Å². The molecule has 1 unspecified atom stereocenters. The van der Waals surface area contributed by atoms with Crippen molar-refractivity contribution in [2.75, 3.05) is 13.1 Å². The van der Waals surface area contributed by atoms with Crippen molar-refractivity contribution in [3.63, 3.8) is 0 Å². The molecule has 118 valence electrons. The first kappa shape index (κ1) is 16.4. The van der Waals surface area contributed by atoms with Crippen LogP contribution in [0.2, 0.25) is 0 Å². The van der Waals surface area contributed by atoms with Crippen LogP contribution in [-0.2, 0) is 19.9 Å². The van der Waals surface area contributed by atoms with Crippen LogP contribution < -0.4 is 0 Å². The SMILES string of the molecule is CC(O)S(=O)(=O)c1ccccc1S(=O)(=O)N1CCCCC1. The molecule has 0 aromatic heterocycles. The van der Waals surface area contributed by atoms with Gasteiger partial charge in [0.05, 0.1) is 4.90 Å². The van der Waals surface area contributed by atoms with Crippen LogP contribution in [0.25, 0.3) is 0 Å². The van der Waals surface area contributed by atoms with Gasteiger partial charge in [0, 0.05) is 13.1 Å². The number of hydrogen-bond donors (Lipinski definition) is 1. The molecule has 0 aliphatic carbocycles. The summed E-state index contributed by atoms with van der Waals surface area (Å²) < 4.78 is 50.9. The zero-order valence-corrected chi connectivity index (χ0v) is 13.4. The third-order valence-electron chi connectivity index (χ3n) is 3.54. The lowest BCUT2D eigenvalue weighted by Gasteiger charge is -2.26. The zero-order chi connectivity index (χ0) is 15.7. The molecular weight excluding hydrogens is 314 g/mol. The summed E-state index contributed by atoms with van der Waals surface area (Å²) in [4.78, 5) is -0.599. The minimum atomic E-state index is -4.08. The molecule has 1 saturated heterocycles. The smallest absolute Gasteiger partial charge is 0.244 e. The van der Waals surface area contributed by atoms with Gasteiger partial charge in [-0.1, -0.05) is 18.6 Å². The highest BCUT2D eigenvalue weighted by Gasteiger charge is 2.33. The lowest BCUT2D eigenvalue weighted by Crippen LogP contribution is -2.36. The average Bonchev–Trinajstić information content (AvgIpc) is 2.48. The number of aliphatic hydroxyl groups is 1. The zero-order valence-electron chi connectivity index (χ0n) is 11.8. The van der Waals surface area contributed by atoms with Crippen LogP contribution in [0.4, 0.5) is 0 Å². The van der Waals surface area contributed by atoms with E-state index in [9.17, 15) is 21.9 Å². The average molecular weight is 333 g/mol. The van der Waals surface area contributed by atoms with Crippen molar-refractivity contribution in [3.05, 3.63) is 24.3 Å². The Morgan fingerprint density at radius 2 is 1.52 bits per heavy atom. The summed E-state index contributed by atoms with van der Waals surface area (Å²) in [5, 5.41) is 9.44. The molecule has 2 rings (SSSR count). The van der Waals surface area contributed by atoms with Crippen molar-refractivity contribution >= 4 is 19.9 Å². The standard InChI is InChI=1S/C13H19NO5S2/c1-11(15)20(16,17)12-7-3-4-8-13(12)21(18,19)14-9-5-2-6-10-14/h3-4,7-8,11,15H,2,5-6,9-10H2,1H3. The van der Waals surface area contributed by atoms with Crippen molar-refractivity contribution in [3.8, 4) is 0 Å². The number of hydrogen-bond acceptors (Lipinski definition) is 5. The van der Waals surface area contributed by atoms with Gasteiger partial charge in [0.25, 0.3) is 0 Å². The number of piperidine rings is 1. The van der Waals surface area contributed by atoms with Gasteiger partial charge >= 0.3 is 0 Å². The van der Waals surface area contributed by atoms with E-state index in [1.165, 1.54) is 28.6 Å². The van der Waals surface area contributed by atoms with Gasteiger partial charge in [-0.3, -0.25) is 0 Å². The van der Waals surface area contributed by atoms with Crippen LogP contribution in [0.3, 0.4) is 0 Å². The minimum absolute atomic E-state index is 0.257. The van der Waals surface area contributed by atoms with Crippen LogP contribution in [-0.4, -0.2) is 44.8 Å². The molecule has 0 amide bonds. The molecule has 0 saturated carbocycles. The molecule has 0 radical (unpaired) electrons. The summed E-state index contributed by atoms with van der Waals surface area (Å²) in [6.45, 7) is 1.90. The van der Waals surface area contributed by atoms with Gasteiger partial charge in [-0.25, -0.2) is 16.8 Å². The Kier molecular flexibility index (Phi) is 4.72. The molecule has 21 heavy (non-hydrogen) atoms. The molecule has 1 heterocycles. The van der Waals surface area contributed by atoms with Gasteiger partial charge < -0.3 is 5.11 Å². The Labute approximate surface area is 125 Å². The van der Waals surface area contributed by atoms with E-state index in [-0.39, 0.29) is 9.79 Å². The van der Waals surface area contributed by atoms with E-state index in [4.69, 9.17) is 0 Å². The third-order valence-corrected chi connectivity index (χ3v) is 7.49. The fourth-order valence-corrected chi connectivity index (χ4v) is 5.56. The molecule has 1 N–H and O–H groups in total. The van der Waals surface area contributed by atoms with Crippen LogP contribution in [0, 0.1) is 0 Å². The fraction of sp³-hybridized carbons (Fsp3) is 0.538. The largest absolute Gasteiger partial charge is 0.377 e. The summed E-state index contributed by atoms with van der Waals surface area (Å²) in [6, 6.07) is 5.43. The van der Waals surface area contributed by atoms with Crippen LogP contribution >= 0.6 is 0 Å². The Bertz CT molecular complexity index is 704. The summed E-state index contributed by atoms with van der Waals surface area (Å²) in [5.74, 6) is 0. The molecule has 6 nitrogen and oxygen atoms in total. The van der Waals surface area contributed by atoms with E-state index in [1.54, 1.807) is 0 Å². The summed E-state index contributed by atoms with van der Waals surface area (Å²) in [7, 11) is -7.95. The monoisotopic (exact) mass is 333 g/mol. The number of aliphatic hydroxyl groups excluding tert-OH is 1. The van der Waals surface area contributed by atoms with Crippen LogP contribution in [0.5, 0.6) is 0 Å². The predicted octanol–water partition coefficient (Wildman–Crippen LogP) is 0.973. The Hall–Kier alpha value is -0.960. The maximum Gasteiger partial charge on any atom is 0.244 e. The van der Waals surface area contributed by atoms with Gasteiger partial charge in [0.2, 0.25) is 19.9 Å². The van der Waals surface area contributed by atoms with Crippen LogP contribution in [0.15, 0.2) is 34.1 Å². The number of sulfonamides is 1. The second kappa shape index (κ2) is 6.04. The summed E-state index contributed by atoms with van der Waals surface area (Å²) in [6.07, 6.45) is 2.51. The quantitative estimate of drug-likeness (QED) is 0.886. The molecule has 1 aromatic carbocycles. The molecule has 1 aliphatic heterocycles. The van der Waals surface area contributed by atoms with Crippen molar-refractivity contribution < 1.29 is 21.9 Å². The lowest BCUT2D eigenvalue weighted by molar-refractivity contribution is 0.268. The van der Waals surface area contributed by atoms with E-state index in [2.05, 4.69) is 0 Å². The number of benzene rings is 1. The second-order valence-electron chi connectivity index (χ2n) is 5.06. The molecule has 1 fully saturated rings. The maximum absolute atomic E-state index is 12.7. The van der Waals surface area contributed by atoms with Gasteiger partial charge in [-0.2, -0.15) is 4.31 Å². The van der Waals surface area contributed by atoms with E-state index in [0.29, 0.717) is 13.1 Å². The van der Waals surface area contributed by atoms with Crippen molar-refractivity contribution in [2.24, 2.45) is 0 Å². The first-order valence-corrected chi connectivity index (χ1v) is 9.77. The fourth-order valence-electron chi connectivity index (χ4n) is 2.33. The molecule has 1 atom stereocenters. The van der Waals surface area contributed by atoms with E-state index >= 15 is 0 Å². The Morgan fingerprint density at radius 3 is 2.05 bits per heavy atom. The first-order valence-electron chi connectivity index (χ1n) is 6.79. The minimum Gasteiger partial charge on any atom is -0.377 e. The lowest BCUT2D eigenvalue weighted by atomic mass is 10.2. The second-order valence-corrected chi connectivity index (χ2v) is 9.17. The number of rotatable bonds is 4. The van der Waals surface area contributed by atoms with Gasteiger partial charge in [-0.15, -0.1) is 0 Å². The van der Waals surface area contributed by atoms with E-state index < -0.39 is 25.3 Å². The molecule has 0 bridgehead atoms. The molecule has 1 aliphatic rings. The van der Waals surface area contributed by atoms with Crippen molar-refractivity contribution in [2.45, 2.75) is 41.4 Å². The topological polar surface area (TPSA) is 91.7 Å². The van der Waals surface area contributed by atoms with Gasteiger partial charge in [0.15, 0.2) is 5.44 Å². The highest BCUT2D eigenvalue weighted by Crippen LogP contribution is 2.28. The predicted molar refractivity (Wildman–Crippen MR) is 77.9 cm³/mol. The number of nitrogens with zero attached hydrogens (tertiary/aromatic N) is 1. The Morgan fingerprint density at radius 1 is 1.00 bits per heavy atom.